The van der Waals surface area contributed by atoms with Gasteiger partial charge in [-0.25, -0.2) is 0 Å². The molecule has 0 N–H and O–H groups in total. The Labute approximate surface area is 117 Å². The van der Waals surface area contributed by atoms with Crippen molar-refractivity contribution in [3.63, 3.8) is 0 Å². The molecule has 0 spiro atoms. The average molecular weight is 285 g/mol. The van der Waals surface area contributed by atoms with Crippen LogP contribution in [0.5, 0.6) is 0 Å². The number of nitro benzene ring substituents is 1. The first-order chi connectivity index (χ1) is 9.13. The number of halogens is 1. The molecule has 1 unspecified atom stereocenters. The van der Waals surface area contributed by atoms with E-state index in [4.69, 9.17) is 16.3 Å². The maximum atomic E-state index is 11.2. The van der Waals surface area contributed by atoms with Crippen molar-refractivity contribution in [3.8, 4) is 0 Å². The molecule has 0 bridgehead atoms. The Balaban J connectivity index is 2.26. The maximum Gasteiger partial charge on any atom is 0.310 e. The molecule has 0 amide bonds. The fourth-order valence-electron chi connectivity index (χ4n) is 2.37. The zero-order chi connectivity index (χ0) is 13.8. The third kappa shape index (κ3) is 3.16. The van der Waals surface area contributed by atoms with Crippen molar-refractivity contribution in [3.05, 3.63) is 33.3 Å². The van der Waals surface area contributed by atoms with Gasteiger partial charge in [-0.15, -0.1) is 0 Å². The molecule has 104 valence electrons. The first-order valence-corrected chi connectivity index (χ1v) is 6.80. The second kappa shape index (κ2) is 6.21. The molecule has 1 heterocycles. The van der Waals surface area contributed by atoms with Gasteiger partial charge in [0.1, 0.15) is 10.7 Å². The number of nitrogens with zero attached hydrogens (tertiary/aromatic N) is 2. The molecule has 0 saturated carbocycles. The van der Waals surface area contributed by atoms with Gasteiger partial charge in [0.25, 0.3) is 0 Å². The highest BCUT2D eigenvalue weighted by Gasteiger charge is 2.25. The fourth-order valence-corrected chi connectivity index (χ4v) is 2.61. The van der Waals surface area contributed by atoms with Crippen LogP contribution in [0.3, 0.4) is 0 Å². The van der Waals surface area contributed by atoms with Crippen LogP contribution in [0.1, 0.15) is 19.8 Å². The number of rotatable bonds is 5. The summed E-state index contributed by atoms with van der Waals surface area (Å²) in [5, 5.41) is 11.3. The third-order valence-corrected chi connectivity index (χ3v) is 3.62. The van der Waals surface area contributed by atoms with Crippen molar-refractivity contribution < 1.29 is 9.66 Å². The fraction of sp³-hybridized carbons (Fsp3) is 0.538. The summed E-state index contributed by atoms with van der Waals surface area (Å²) in [5.74, 6) is 0. The molecule has 19 heavy (non-hydrogen) atoms. The Morgan fingerprint density at radius 2 is 2.37 bits per heavy atom. The summed E-state index contributed by atoms with van der Waals surface area (Å²) in [7, 11) is 0. The van der Waals surface area contributed by atoms with E-state index in [1.54, 1.807) is 18.2 Å². The molecule has 1 aliphatic rings. The van der Waals surface area contributed by atoms with Crippen molar-refractivity contribution >= 4 is 23.0 Å². The van der Waals surface area contributed by atoms with Gasteiger partial charge < -0.3 is 9.64 Å². The minimum atomic E-state index is -0.421. The predicted octanol–water partition coefficient (Wildman–Crippen LogP) is 3.25. The normalized spacial score (nSPS) is 18.5. The van der Waals surface area contributed by atoms with Gasteiger partial charge >= 0.3 is 5.69 Å². The summed E-state index contributed by atoms with van der Waals surface area (Å²) in [4.78, 5) is 12.7. The molecule has 6 heteroatoms. The smallest absolute Gasteiger partial charge is 0.310 e. The number of likely N-dealkylation sites (N-methyl/N-ethyl adjacent to an activating group) is 1. The van der Waals surface area contributed by atoms with E-state index < -0.39 is 4.92 Å². The molecule has 1 saturated heterocycles. The average Bonchev–Trinajstić information content (AvgIpc) is 2.88. The molecule has 1 fully saturated rings. The van der Waals surface area contributed by atoms with Crippen molar-refractivity contribution in [2.75, 3.05) is 24.6 Å². The van der Waals surface area contributed by atoms with Crippen LogP contribution in [0.25, 0.3) is 0 Å². The first-order valence-electron chi connectivity index (χ1n) is 6.43. The standard InChI is InChI=1S/C13H17ClN2O3/c1-2-15(9-10-5-4-8-19-10)12-7-3-6-11(14)13(12)16(17)18/h3,6-7,10H,2,4-5,8-9H2,1H3. The topological polar surface area (TPSA) is 55.6 Å². The van der Waals surface area contributed by atoms with Gasteiger partial charge in [-0.05, 0) is 31.9 Å². The molecule has 0 aromatic heterocycles. The zero-order valence-electron chi connectivity index (χ0n) is 10.8. The lowest BCUT2D eigenvalue weighted by molar-refractivity contribution is -0.384. The Kier molecular flexibility index (Phi) is 4.61. The number of hydrogen-bond donors (Lipinski definition) is 0. The van der Waals surface area contributed by atoms with E-state index in [9.17, 15) is 10.1 Å². The second-order valence-electron chi connectivity index (χ2n) is 4.54. The highest BCUT2D eigenvalue weighted by atomic mass is 35.5. The first kappa shape index (κ1) is 14.1. The van der Waals surface area contributed by atoms with Crippen LogP contribution in [0.4, 0.5) is 11.4 Å². The second-order valence-corrected chi connectivity index (χ2v) is 4.95. The molecule has 1 aliphatic heterocycles. The summed E-state index contributed by atoms with van der Waals surface area (Å²) in [6.45, 7) is 4.10. The highest BCUT2D eigenvalue weighted by Crippen LogP contribution is 2.35. The molecule has 1 aromatic carbocycles. The number of benzene rings is 1. The summed E-state index contributed by atoms with van der Waals surface area (Å²) in [5.41, 5.74) is 0.541. The maximum absolute atomic E-state index is 11.2. The van der Waals surface area contributed by atoms with E-state index >= 15 is 0 Å². The lowest BCUT2D eigenvalue weighted by Gasteiger charge is -2.25. The van der Waals surface area contributed by atoms with Gasteiger partial charge in [-0.2, -0.15) is 0 Å². The van der Waals surface area contributed by atoms with Crippen LogP contribution < -0.4 is 4.90 Å². The Bertz CT molecular complexity index is 461. The van der Waals surface area contributed by atoms with Gasteiger partial charge in [0.15, 0.2) is 0 Å². The van der Waals surface area contributed by atoms with E-state index in [-0.39, 0.29) is 16.8 Å². The number of hydrogen-bond acceptors (Lipinski definition) is 4. The largest absolute Gasteiger partial charge is 0.376 e. The van der Waals surface area contributed by atoms with Gasteiger partial charge in [0, 0.05) is 19.7 Å². The predicted molar refractivity (Wildman–Crippen MR) is 75.0 cm³/mol. The quantitative estimate of drug-likeness (QED) is 0.615. The lowest BCUT2D eigenvalue weighted by Crippen LogP contribution is -2.32. The van der Waals surface area contributed by atoms with Crippen molar-refractivity contribution in [2.24, 2.45) is 0 Å². The van der Waals surface area contributed by atoms with Gasteiger partial charge in [-0.3, -0.25) is 10.1 Å². The Morgan fingerprint density at radius 3 is 2.95 bits per heavy atom. The summed E-state index contributed by atoms with van der Waals surface area (Å²) >= 11 is 5.94. The van der Waals surface area contributed by atoms with Crippen molar-refractivity contribution in [1.29, 1.82) is 0 Å². The van der Waals surface area contributed by atoms with Gasteiger partial charge in [0.2, 0.25) is 0 Å². The molecule has 0 radical (unpaired) electrons. The summed E-state index contributed by atoms with van der Waals surface area (Å²) in [6.07, 6.45) is 2.21. The van der Waals surface area contributed by atoms with Crippen LogP contribution in [0.2, 0.25) is 5.02 Å². The van der Waals surface area contributed by atoms with Crippen LogP contribution in [0.15, 0.2) is 18.2 Å². The van der Waals surface area contributed by atoms with E-state index in [1.165, 1.54) is 0 Å². The SMILES string of the molecule is CCN(CC1CCCO1)c1cccc(Cl)c1[N+](=O)[O-]. The number of para-hydroxylation sites is 1. The molecular formula is C13H17ClN2O3. The molecule has 0 aliphatic carbocycles. The number of ether oxygens (including phenoxy) is 1. The van der Waals surface area contributed by atoms with E-state index in [0.29, 0.717) is 18.8 Å². The molecule has 5 nitrogen and oxygen atoms in total. The zero-order valence-corrected chi connectivity index (χ0v) is 11.6. The minimum Gasteiger partial charge on any atom is -0.376 e. The van der Waals surface area contributed by atoms with Crippen molar-refractivity contribution in [1.82, 2.24) is 0 Å². The summed E-state index contributed by atoms with van der Waals surface area (Å²) in [6, 6.07) is 5.02. The minimum absolute atomic E-state index is 0.0241. The van der Waals surface area contributed by atoms with Crippen molar-refractivity contribution in [2.45, 2.75) is 25.9 Å². The lowest BCUT2D eigenvalue weighted by atomic mass is 10.2. The molecule has 1 atom stereocenters. The third-order valence-electron chi connectivity index (χ3n) is 3.32. The van der Waals surface area contributed by atoms with Gasteiger partial charge in [-0.1, -0.05) is 17.7 Å². The van der Waals surface area contributed by atoms with Crippen LogP contribution in [-0.2, 0) is 4.74 Å². The Hall–Kier alpha value is -1.33. The van der Waals surface area contributed by atoms with Crippen LogP contribution >= 0.6 is 11.6 Å². The molecular weight excluding hydrogens is 268 g/mol. The monoisotopic (exact) mass is 284 g/mol. The van der Waals surface area contributed by atoms with E-state index in [1.807, 2.05) is 11.8 Å². The summed E-state index contributed by atoms with van der Waals surface area (Å²) < 4.78 is 5.59. The van der Waals surface area contributed by atoms with E-state index in [2.05, 4.69) is 0 Å². The number of nitro groups is 1. The van der Waals surface area contributed by atoms with Crippen LogP contribution in [-0.4, -0.2) is 30.7 Å². The molecule has 1 aromatic rings. The van der Waals surface area contributed by atoms with Crippen LogP contribution in [0, 0.1) is 10.1 Å². The molecule has 2 rings (SSSR count). The highest BCUT2D eigenvalue weighted by molar-refractivity contribution is 6.33. The Morgan fingerprint density at radius 1 is 1.58 bits per heavy atom. The van der Waals surface area contributed by atoms with E-state index in [0.717, 1.165) is 19.4 Å². The number of anilines is 1. The van der Waals surface area contributed by atoms with Gasteiger partial charge in [0.05, 0.1) is 11.0 Å².